The number of benzene rings is 1. The summed E-state index contributed by atoms with van der Waals surface area (Å²) in [5.74, 6) is -9.23. The van der Waals surface area contributed by atoms with Crippen molar-refractivity contribution in [2.75, 3.05) is 75.0 Å². The Morgan fingerprint density at radius 1 is 0.620 bits per heavy atom. The first-order valence-electron chi connectivity index (χ1n) is 36.4. The van der Waals surface area contributed by atoms with Crippen LogP contribution in [0.4, 0.5) is 13.2 Å². The Bertz CT molecular complexity index is 3160. The lowest BCUT2D eigenvalue weighted by atomic mass is 9.84. The van der Waals surface area contributed by atoms with Crippen LogP contribution in [0.3, 0.4) is 0 Å². The number of aryl methyl sites for hydroxylation is 1. The third kappa shape index (κ3) is 18.4. The lowest BCUT2D eigenvalue weighted by Crippen LogP contribution is -2.65. The van der Waals surface area contributed by atoms with Gasteiger partial charge in [0.05, 0.1) is 23.6 Å². The van der Waals surface area contributed by atoms with E-state index in [4.69, 9.17) is 11.6 Å². The van der Waals surface area contributed by atoms with Crippen molar-refractivity contribution in [2.45, 2.75) is 249 Å². The molecule has 12 amide bonds. The van der Waals surface area contributed by atoms with Gasteiger partial charge in [-0.25, -0.2) is 0 Å². The summed E-state index contributed by atoms with van der Waals surface area (Å²) in [7, 11) is 8.61. The largest absolute Gasteiger partial charge is 0.417 e. The van der Waals surface area contributed by atoms with Crippen LogP contribution in [-0.2, 0) is 70.1 Å². The molecule has 558 valence electrons. The number of nitrogens with zero attached hydrogens (tertiary/aromatic N) is 9. The molecule has 6 aliphatic rings. The molecule has 24 nitrogen and oxygen atoms in total. The van der Waals surface area contributed by atoms with Crippen molar-refractivity contribution >= 4 is 82.5 Å². The van der Waals surface area contributed by atoms with Crippen molar-refractivity contribution < 1.29 is 70.7 Å². The van der Waals surface area contributed by atoms with E-state index in [0.717, 1.165) is 55.6 Å². The minimum Gasteiger partial charge on any atom is -0.343 e. The lowest BCUT2D eigenvalue weighted by molar-refractivity contribution is -0.160. The summed E-state index contributed by atoms with van der Waals surface area (Å²) in [5.41, 5.74) is -2.35. The number of likely N-dealkylation sites (tertiary alicyclic amines) is 1. The van der Waals surface area contributed by atoms with Crippen LogP contribution in [0.15, 0.2) is 18.2 Å². The van der Waals surface area contributed by atoms with Gasteiger partial charge < -0.3 is 60.0 Å². The van der Waals surface area contributed by atoms with Gasteiger partial charge in [-0.1, -0.05) is 117 Å². The second-order valence-electron chi connectivity index (χ2n) is 29.7. The fourth-order valence-electron chi connectivity index (χ4n) is 15.6. The van der Waals surface area contributed by atoms with Crippen molar-refractivity contribution in [1.29, 1.82) is 0 Å². The van der Waals surface area contributed by atoms with E-state index >= 15 is 24.0 Å². The van der Waals surface area contributed by atoms with Gasteiger partial charge in [0.15, 0.2) is 0 Å². The maximum absolute atomic E-state index is 15.4. The summed E-state index contributed by atoms with van der Waals surface area (Å²) >= 11 is 6.16. The first-order chi connectivity index (χ1) is 47.1. The van der Waals surface area contributed by atoms with E-state index in [2.05, 4.69) is 16.0 Å². The van der Waals surface area contributed by atoms with Gasteiger partial charge in [-0.05, 0) is 119 Å². The summed E-state index contributed by atoms with van der Waals surface area (Å²) in [5, 5.41) is 8.17. The fraction of sp³-hybridized carbons (Fsp3) is 0.750. The molecule has 7 rings (SSSR count). The summed E-state index contributed by atoms with van der Waals surface area (Å²) in [6.07, 6.45) is 4.04. The Hall–Kier alpha value is -7.06. The molecule has 2 aliphatic carbocycles. The molecule has 1 spiro atoms. The molecule has 1 aromatic carbocycles. The Morgan fingerprint density at radius 3 is 1.82 bits per heavy atom. The zero-order valence-corrected chi connectivity index (χ0v) is 61.8. The Kier molecular flexibility index (Phi) is 27.9. The average Bonchev–Trinajstić information content (AvgIpc) is 0.918. The quantitative estimate of drug-likeness (QED) is 0.229. The molecule has 0 unspecified atom stereocenters. The van der Waals surface area contributed by atoms with Crippen LogP contribution in [0.5, 0.6) is 0 Å². The summed E-state index contributed by atoms with van der Waals surface area (Å²) in [6.45, 7) is 12.5. The van der Waals surface area contributed by atoms with Crippen molar-refractivity contribution in [2.24, 2.45) is 23.7 Å². The number of nitrogens with one attached hydrogen (secondary N) is 3. The number of piperidine rings is 1. The van der Waals surface area contributed by atoms with E-state index in [1.54, 1.807) is 32.6 Å². The molecule has 4 heterocycles. The standard InChI is InChI=1S/C72H110ClF3N12O12/c1-14-44(5)58-68(98)81(9)46(7)63(93)88-38-32-53(88)66(96)82(10)54(40-47-25-18-16-19-26-47)65(95)80(8)42-56(89)77-51(31-29-48-28-30-49(50(73)39-48)72(74,75)76)64(94)87-37-24-27-52(87)61(91)79-71(33-20-21-34-71)70(100)85(13)59(43(3)4)69(99)83(11)55(67(97)86-35-22-17-23-36-86)41-57(90)84(12)60(45(6)15-2)62(92)78-58/h28,30,39,43-47,51-55,58-60H,14-27,29,31-38,40-42H2,1-13H3,(H,77,89)(H,78,92)(H,79,91)/t44-,45-,46-,51-,52-,53-,54-,55-,58-,59-,60-/m0/s1. The minimum absolute atomic E-state index is 0.0227. The second-order valence-corrected chi connectivity index (χ2v) is 30.1. The number of amides is 12. The van der Waals surface area contributed by atoms with Crippen molar-refractivity contribution in [3.63, 3.8) is 0 Å². The Morgan fingerprint density at radius 2 is 1.24 bits per heavy atom. The van der Waals surface area contributed by atoms with E-state index in [0.29, 0.717) is 63.6 Å². The number of carbonyl (C=O) groups is 12. The fourth-order valence-corrected chi connectivity index (χ4v) is 15.9. The Balaban J connectivity index is 1.29. The molecule has 0 bridgehead atoms. The molecule has 4 saturated heterocycles. The van der Waals surface area contributed by atoms with Gasteiger partial charge >= 0.3 is 6.18 Å². The molecule has 11 atom stereocenters. The SMILES string of the molecule is CC[C@H](C)[C@@H]1NC(=O)[C@H]([C@@H](C)CC)N(C)C(=O)C[C@@H](C(=O)N2CCCCC2)N(C)C(=O)[C@H](C(C)C)N(C)C(=O)C2(CCCC2)NC(=O)[C@@H]2CCCN2C(=O)[C@H](CCc2ccc(C(F)(F)F)c(Cl)c2)NC(=O)CN(C)C(=O)[C@H](CC2CCCCC2)N(C)C(=O)[C@@H]2CCN2C(=O)[C@H](C)N(C)C1=O. The Labute approximate surface area is 593 Å². The van der Waals surface area contributed by atoms with Crippen LogP contribution in [-0.4, -0.2) is 250 Å². The van der Waals surface area contributed by atoms with Gasteiger partial charge in [0.2, 0.25) is 70.9 Å². The predicted octanol–water partition coefficient (Wildman–Crippen LogP) is 6.03. The maximum atomic E-state index is 15.4. The zero-order valence-electron chi connectivity index (χ0n) is 61.1. The summed E-state index contributed by atoms with van der Waals surface area (Å²) in [6, 6.07) is -7.86. The molecule has 2 saturated carbocycles. The zero-order chi connectivity index (χ0) is 74.0. The number of hydrogen-bond acceptors (Lipinski definition) is 12. The maximum Gasteiger partial charge on any atom is 0.417 e. The molecule has 3 N–H and O–H groups in total. The minimum atomic E-state index is -4.76. The van der Waals surface area contributed by atoms with Crippen LogP contribution in [0.1, 0.15) is 188 Å². The first kappa shape index (κ1) is 80.3. The van der Waals surface area contributed by atoms with E-state index in [1.807, 2.05) is 13.8 Å². The van der Waals surface area contributed by atoms with Crippen molar-refractivity contribution in [1.82, 2.24) is 60.0 Å². The molecule has 0 radical (unpaired) electrons. The number of halogens is 4. The molecule has 1 aromatic rings. The monoisotopic (exact) mass is 1430 g/mol. The third-order valence-electron chi connectivity index (χ3n) is 22.6. The number of fused-ring (bicyclic) bond motifs is 2. The molecule has 100 heavy (non-hydrogen) atoms. The molecular formula is C72H110ClF3N12O12. The highest BCUT2D eigenvalue weighted by molar-refractivity contribution is 6.31. The van der Waals surface area contributed by atoms with Crippen LogP contribution in [0, 0.1) is 23.7 Å². The molecule has 4 aliphatic heterocycles. The highest BCUT2D eigenvalue weighted by atomic mass is 35.5. The van der Waals surface area contributed by atoms with E-state index < -0.39 is 178 Å². The summed E-state index contributed by atoms with van der Waals surface area (Å²) < 4.78 is 41.6. The van der Waals surface area contributed by atoms with Gasteiger partial charge in [0.25, 0.3) is 0 Å². The first-order valence-corrected chi connectivity index (χ1v) is 36.7. The van der Waals surface area contributed by atoms with Gasteiger partial charge in [-0.2, -0.15) is 13.2 Å². The van der Waals surface area contributed by atoms with Crippen molar-refractivity contribution in [3.8, 4) is 0 Å². The van der Waals surface area contributed by atoms with Gasteiger partial charge in [-0.3, -0.25) is 57.5 Å². The summed E-state index contributed by atoms with van der Waals surface area (Å²) in [4.78, 5) is 192. The highest BCUT2D eigenvalue weighted by Gasteiger charge is 2.52. The van der Waals surface area contributed by atoms with Gasteiger partial charge in [0.1, 0.15) is 59.9 Å². The van der Waals surface area contributed by atoms with Crippen LogP contribution in [0.2, 0.25) is 5.02 Å². The van der Waals surface area contributed by atoms with Crippen LogP contribution >= 0.6 is 11.6 Å². The lowest BCUT2D eigenvalue weighted by Gasteiger charge is -2.45. The van der Waals surface area contributed by atoms with E-state index in [-0.39, 0.29) is 64.0 Å². The number of carbonyl (C=O) groups excluding carboxylic acids is 12. The number of rotatable bonds is 11. The number of hydrogen-bond donors (Lipinski definition) is 3. The number of alkyl halides is 3. The highest BCUT2D eigenvalue weighted by Crippen LogP contribution is 2.38. The van der Waals surface area contributed by atoms with Crippen molar-refractivity contribution in [3.05, 3.63) is 34.3 Å². The van der Waals surface area contributed by atoms with Crippen LogP contribution < -0.4 is 16.0 Å². The van der Waals surface area contributed by atoms with E-state index in [1.165, 1.54) is 89.6 Å². The average molecular weight is 1430 g/mol. The molecule has 6 fully saturated rings. The van der Waals surface area contributed by atoms with E-state index in [9.17, 15) is 46.7 Å². The molecule has 28 heteroatoms. The third-order valence-corrected chi connectivity index (χ3v) is 22.9. The van der Waals surface area contributed by atoms with Crippen LogP contribution in [0.25, 0.3) is 0 Å². The smallest absolute Gasteiger partial charge is 0.343 e. The second kappa shape index (κ2) is 34.7. The molecule has 0 aromatic heterocycles. The van der Waals surface area contributed by atoms with Gasteiger partial charge in [-0.15, -0.1) is 0 Å². The topological polar surface area (TPSA) is 270 Å². The molecular weight excluding hydrogens is 1320 g/mol. The van der Waals surface area contributed by atoms with Gasteiger partial charge in [0, 0.05) is 68.5 Å². The predicted molar refractivity (Wildman–Crippen MR) is 369 cm³/mol. The number of likely N-dealkylation sites (N-methyl/N-ethyl adjacent to an activating group) is 6. The normalized spacial score (nSPS) is 28.1.